The van der Waals surface area contributed by atoms with Crippen molar-refractivity contribution in [3.63, 3.8) is 0 Å². The highest BCUT2D eigenvalue weighted by Crippen LogP contribution is 2.38. The molecule has 2 aliphatic heterocycles. The first-order valence-corrected chi connectivity index (χ1v) is 11.7. The lowest BCUT2D eigenvalue weighted by atomic mass is 10.1. The molecular formula is C21H25FN4O4S. The van der Waals surface area contributed by atoms with Crippen molar-refractivity contribution in [2.75, 3.05) is 26.7 Å². The van der Waals surface area contributed by atoms with Gasteiger partial charge in [-0.3, -0.25) is 4.79 Å². The van der Waals surface area contributed by atoms with Crippen LogP contribution in [-0.2, 0) is 10.0 Å². The first-order valence-electron chi connectivity index (χ1n) is 10.3. The van der Waals surface area contributed by atoms with E-state index in [0.717, 1.165) is 38.1 Å². The zero-order chi connectivity index (χ0) is 22.2. The lowest BCUT2D eigenvalue weighted by Gasteiger charge is -2.24. The summed E-state index contributed by atoms with van der Waals surface area (Å²) in [6.45, 7) is 3.45. The van der Waals surface area contributed by atoms with E-state index in [0.29, 0.717) is 29.9 Å². The van der Waals surface area contributed by atoms with E-state index in [4.69, 9.17) is 4.74 Å². The molecule has 0 bridgehead atoms. The molecule has 1 aromatic carbocycles. The van der Waals surface area contributed by atoms with Crippen LogP contribution in [0.1, 0.15) is 53.6 Å². The molecule has 2 saturated heterocycles. The minimum Gasteiger partial charge on any atom is -0.495 e. The molecule has 0 saturated carbocycles. The standard InChI is InChI=1S/C21H25FN4O4S/c1-14-16(21(27)25-9-3-4-10-25)13-23-20(24-14)17-6-5-11-26(17)31(28,29)19-12-15(22)7-8-18(19)30-2/h7-8,12-13,17H,3-6,9-11H2,1-2H3/t17-/m0/s1. The molecule has 31 heavy (non-hydrogen) atoms. The first-order chi connectivity index (χ1) is 14.8. The second kappa shape index (κ2) is 8.51. The fourth-order valence-electron chi connectivity index (χ4n) is 4.21. The summed E-state index contributed by atoms with van der Waals surface area (Å²) in [4.78, 5) is 23.1. The zero-order valence-electron chi connectivity index (χ0n) is 17.5. The minimum atomic E-state index is -4.04. The number of likely N-dealkylation sites (tertiary alicyclic amines) is 1. The maximum Gasteiger partial charge on any atom is 0.257 e. The second-order valence-corrected chi connectivity index (χ2v) is 9.65. The topological polar surface area (TPSA) is 92.7 Å². The first kappa shape index (κ1) is 21.6. The van der Waals surface area contributed by atoms with Gasteiger partial charge in [0, 0.05) is 25.8 Å². The van der Waals surface area contributed by atoms with Gasteiger partial charge in [-0.05, 0) is 50.8 Å². The van der Waals surface area contributed by atoms with Crippen molar-refractivity contribution in [2.45, 2.75) is 43.5 Å². The Hall–Kier alpha value is -2.59. The van der Waals surface area contributed by atoms with Crippen molar-refractivity contribution in [2.24, 2.45) is 0 Å². The number of amides is 1. The molecule has 3 heterocycles. The third kappa shape index (κ3) is 4.01. The third-order valence-corrected chi connectivity index (χ3v) is 7.77. The van der Waals surface area contributed by atoms with Gasteiger partial charge in [0.05, 0.1) is 24.4 Å². The number of hydrogen-bond acceptors (Lipinski definition) is 6. The monoisotopic (exact) mass is 448 g/mol. The maximum absolute atomic E-state index is 13.8. The Kier molecular flexibility index (Phi) is 5.94. The molecule has 0 radical (unpaired) electrons. The largest absolute Gasteiger partial charge is 0.495 e. The number of hydrogen-bond donors (Lipinski definition) is 0. The van der Waals surface area contributed by atoms with E-state index in [1.165, 1.54) is 23.7 Å². The molecule has 8 nitrogen and oxygen atoms in total. The molecular weight excluding hydrogens is 423 g/mol. The number of sulfonamides is 1. The van der Waals surface area contributed by atoms with Gasteiger partial charge in [0.25, 0.3) is 5.91 Å². The number of benzene rings is 1. The normalized spacial score (nSPS) is 19.7. The molecule has 0 unspecified atom stereocenters. The molecule has 2 aromatic rings. The Labute approximate surface area is 181 Å². The highest BCUT2D eigenvalue weighted by molar-refractivity contribution is 7.89. The number of aryl methyl sites for hydroxylation is 1. The minimum absolute atomic E-state index is 0.0794. The Morgan fingerprint density at radius 1 is 1.19 bits per heavy atom. The molecule has 0 aliphatic carbocycles. The third-order valence-electron chi connectivity index (χ3n) is 5.84. The number of carbonyl (C=O) groups is 1. The molecule has 1 aromatic heterocycles. The molecule has 2 fully saturated rings. The fourth-order valence-corrected chi connectivity index (χ4v) is 6.03. The number of nitrogens with zero attached hydrogens (tertiary/aromatic N) is 4. The number of ether oxygens (including phenoxy) is 1. The Morgan fingerprint density at radius 2 is 1.94 bits per heavy atom. The van der Waals surface area contributed by atoms with Gasteiger partial charge < -0.3 is 9.64 Å². The maximum atomic E-state index is 13.8. The Bertz CT molecular complexity index is 1100. The number of halogens is 1. The van der Waals surface area contributed by atoms with Crippen LogP contribution in [0.25, 0.3) is 0 Å². The zero-order valence-corrected chi connectivity index (χ0v) is 18.4. The summed E-state index contributed by atoms with van der Waals surface area (Å²) in [5, 5.41) is 0. The average molecular weight is 449 g/mol. The summed E-state index contributed by atoms with van der Waals surface area (Å²) in [7, 11) is -2.70. The highest BCUT2D eigenvalue weighted by atomic mass is 32.2. The summed E-state index contributed by atoms with van der Waals surface area (Å²) in [5.41, 5.74) is 0.958. The van der Waals surface area contributed by atoms with Gasteiger partial charge in [-0.2, -0.15) is 4.31 Å². The summed E-state index contributed by atoms with van der Waals surface area (Å²) >= 11 is 0. The van der Waals surface area contributed by atoms with Crippen LogP contribution in [0.2, 0.25) is 0 Å². The summed E-state index contributed by atoms with van der Waals surface area (Å²) < 4.78 is 47.0. The Balaban J connectivity index is 1.65. The van der Waals surface area contributed by atoms with Gasteiger partial charge in [0.15, 0.2) is 0 Å². The van der Waals surface area contributed by atoms with Crippen LogP contribution in [0, 0.1) is 12.7 Å². The molecule has 10 heteroatoms. The van der Waals surface area contributed by atoms with E-state index >= 15 is 0 Å². The smallest absolute Gasteiger partial charge is 0.257 e. The van der Waals surface area contributed by atoms with Crippen LogP contribution in [0.5, 0.6) is 5.75 Å². The van der Waals surface area contributed by atoms with Gasteiger partial charge in [-0.25, -0.2) is 22.8 Å². The van der Waals surface area contributed by atoms with Crippen molar-refractivity contribution < 1.29 is 22.3 Å². The van der Waals surface area contributed by atoms with Crippen LogP contribution in [0.15, 0.2) is 29.3 Å². The molecule has 0 spiro atoms. The highest BCUT2D eigenvalue weighted by Gasteiger charge is 2.39. The van der Waals surface area contributed by atoms with E-state index in [2.05, 4.69) is 9.97 Å². The summed E-state index contributed by atoms with van der Waals surface area (Å²) in [6, 6.07) is 2.83. The average Bonchev–Trinajstić information content (AvgIpc) is 3.45. The molecule has 0 N–H and O–H groups in total. The van der Waals surface area contributed by atoms with Gasteiger partial charge in [-0.1, -0.05) is 0 Å². The van der Waals surface area contributed by atoms with Crippen molar-refractivity contribution in [1.82, 2.24) is 19.2 Å². The SMILES string of the molecule is COc1ccc(F)cc1S(=O)(=O)N1CCC[C@H]1c1ncc(C(=O)N2CCCC2)c(C)n1. The summed E-state index contributed by atoms with van der Waals surface area (Å²) in [6.07, 6.45) is 4.63. The van der Waals surface area contributed by atoms with Crippen LogP contribution < -0.4 is 4.74 Å². The lowest BCUT2D eigenvalue weighted by Crippen LogP contribution is -2.32. The fraction of sp³-hybridized carbons (Fsp3) is 0.476. The number of carbonyl (C=O) groups excluding carboxylic acids is 1. The van der Waals surface area contributed by atoms with Crippen molar-refractivity contribution >= 4 is 15.9 Å². The van der Waals surface area contributed by atoms with Crippen molar-refractivity contribution in [1.29, 1.82) is 0 Å². The van der Waals surface area contributed by atoms with Crippen LogP contribution in [0.3, 0.4) is 0 Å². The van der Waals surface area contributed by atoms with Gasteiger partial charge >= 0.3 is 0 Å². The molecule has 1 amide bonds. The van der Waals surface area contributed by atoms with E-state index in [1.807, 2.05) is 0 Å². The summed E-state index contributed by atoms with van der Waals surface area (Å²) in [5.74, 6) is -0.337. The van der Waals surface area contributed by atoms with Crippen LogP contribution in [0.4, 0.5) is 4.39 Å². The number of aromatic nitrogens is 2. The Morgan fingerprint density at radius 3 is 2.61 bits per heavy atom. The molecule has 1 atom stereocenters. The van der Waals surface area contributed by atoms with Crippen molar-refractivity contribution in [3.8, 4) is 5.75 Å². The molecule has 166 valence electrons. The molecule has 4 rings (SSSR count). The van der Waals surface area contributed by atoms with Gasteiger partial charge in [-0.15, -0.1) is 0 Å². The van der Waals surface area contributed by atoms with E-state index in [1.54, 1.807) is 11.8 Å². The van der Waals surface area contributed by atoms with Crippen LogP contribution >= 0.6 is 0 Å². The number of rotatable bonds is 5. The van der Waals surface area contributed by atoms with Gasteiger partial charge in [0.2, 0.25) is 10.0 Å². The quantitative estimate of drug-likeness (QED) is 0.698. The van der Waals surface area contributed by atoms with Crippen molar-refractivity contribution in [3.05, 3.63) is 47.3 Å². The van der Waals surface area contributed by atoms with Crippen LogP contribution in [-0.4, -0.2) is 60.2 Å². The second-order valence-electron chi connectivity index (χ2n) is 7.80. The predicted molar refractivity (Wildman–Crippen MR) is 111 cm³/mol. The lowest BCUT2D eigenvalue weighted by molar-refractivity contribution is 0.0791. The van der Waals surface area contributed by atoms with E-state index in [9.17, 15) is 17.6 Å². The van der Waals surface area contributed by atoms with E-state index in [-0.39, 0.29) is 23.1 Å². The molecule has 2 aliphatic rings. The number of methoxy groups -OCH3 is 1. The van der Waals surface area contributed by atoms with E-state index < -0.39 is 21.9 Å². The van der Waals surface area contributed by atoms with Gasteiger partial charge in [0.1, 0.15) is 22.3 Å². The predicted octanol–water partition coefficient (Wildman–Crippen LogP) is 2.69.